The van der Waals surface area contributed by atoms with Crippen molar-refractivity contribution >= 4 is 5.97 Å². The molecule has 1 fully saturated rings. The summed E-state index contributed by atoms with van der Waals surface area (Å²) in [6, 6.07) is 4.31. The van der Waals surface area contributed by atoms with Crippen molar-refractivity contribution in [3.63, 3.8) is 0 Å². The third kappa shape index (κ3) is 2.20. The number of carbonyl (C=O) groups is 1. The molecule has 1 aromatic rings. The van der Waals surface area contributed by atoms with Gasteiger partial charge in [-0.15, -0.1) is 0 Å². The van der Waals surface area contributed by atoms with Gasteiger partial charge in [0.2, 0.25) is 0 Å². The fourth-order valence-electron chi connectivity index (χ4n) is 2.65. The van der Waals surface area contributed by atoms with Gasteiger partial charge in [0.15, 0.2) is 0 Å². The van der Waals surface area contributed by atoms with Crippen molar-refractivity contribution in [2.45, 2.75) is 26.7 Å². The standard InChI is InChI=1S/C14H19NO2/c1-8-4-10(3)11(5-9(8)2)12-6-15-7-13(12)14(16)17/h4-5,12-13,15H,6-7H2,1-3H3,(H,16,17). The summed E-state index contributed by atoms with van der Waals surface area (Å²) in [7, 11) is 0. The molecule has 1 heterocycles. The minimum Gasteiger partial charge on any atom is -0.481 e. The van der Waals surface area contributed by atoms with Gasteiger partial charge < -0.3 is 10.4 Å². The zero-order chi connectivity index (χ0) is 12.6. The van der Waals surface area contributed by atoms with Crippen LogP contribution in [0.4, 0.5) is 0 Å². The number of hydrogen-bond acceptors (Lipinski definition) is 2. The lowest BCUT2D eigenvalue weighted by Crippen LogP contribution is -2.21. The molecule has 3 nitrogen and oxygen atoms in total. The highest BCUT2D eigenvalue weighted by molar-refractivity contribution is 5.72. The normalized spacial score (nSPS) is 23.9. The predicted molar refractivity (Wildman–Crippen MR) is 67.4 cm³/mol. The average molecular weight is 233 g/mol. The molecule has 0 radical (unpaired) electrons. The van der Waals surface area contributed by atoms with Crippen molar-refractivity contribution in [3.05, 3.63) is 34.4 Å². The lowest BCUT2D eigenvalue weighted by molar-refractivity contribution is -0.141. The Morgan fingerprint density at radius 2 is 1.82 bits per heavy atom. The Balaban J connectivity index is 2.40. The fourth-order valence-corrected chi connectivity index (χ4v) is 2.65. The molecule has 3 heteroatoms. The zero-order valence-electron chi connectivity index (χ0n) is 10.6. The molecule has 0 aliphatic carbocycles. The van der Waals surface area contributed by atoms with Gasteiger partial charge in [-0.2, -0.15) is 0 Å². The highest BCUT2D eigenvalue weighted by Gasteiger charge is 2.34. The molecule has 0 bridgehead atoms. The first-order valence-corrected chi connectivity index (χ1v) is 6.02. The first-order chi connectivity index (χ1) is 8.00. The van der Waals surface area contributed by atoms with Crippen LogP contribution >= 0.6 is 0 Å². The Labute approximate surface area is 102 Å². The summed E-state index contributed by atoms with van der Waals surface area (Å²) in [5.41, 5.74) is 4.89. The molecule has 0 amide bonds. The zero-order valence-corrected chi connectivity index (χ0v) is 10.6. The van der Waals surface area contributed by atoms with Gasteiger partial charge in [0, 0.05) is 19.0 Å². The van der Waals surface area contributed by atoms with Gasteiger partial charge in [-0.3, -0.25) is 4.79 Å². The molecular formula is C14H19NO2. The summed E-state index contributed by atoms with van der Waals surface area (Å²) in [6.45, 7) is 7.58. The van der Waals surface area contributed by atoms with E-state index in [4.69, 9.17) is 0 Å². The molecule has 1 aromatic carbocycles. The number of carboxylic acids is 1. The third-order valence-electron chi connectivity index (χ3n) is 3.81. The predicted octanol–water partition coefficient (Wildman–Crippen LogP) is 2.00. The Morgan fingerprint density at radius 1 is 1.18 bits per heavy atom. The number of benzene rings is 1. The molecule has 17 heavy (non-hydrogen) atoms. The van der Waals surface area contributed by atoms with Crippen LogP contribution in [0, 0.1) is 26.7 Å². The average Bonchev–Trinajstić information content (AvgIpc) is 2.72. The van der Waals surface area contributed by atoms with Crippen molar-refractivity contribution in [1.82, 2.24) is 5.32 Å². The van der Waals surface area contributed by atoms with E-state index in [-0.39, 0.29) is 11.8 Å². The van der Waals surface area contributed by atoms with Crippen LogP contribution in [0.5, 0.6) is 0 Å². The second-order valence-electron chi connectivity index (χ2n) is 5.00. The summed E-state index contributed by atoms with van der Waals surface area (Å²) in [4.78, 5) is 11.2. The van der Waals surface area contributed by atoms with Crippen molar-refractivity contribution in [2.24, 2.45) is 5.92 Å². The van der Waals surface area contributed by atoms with E-state index in [1.54, 1.807) is 0 Å². The van der Waals surface area contributed by atoms with Crippen molar-refractivity contribution < 1.29 is 9.90 Å². The summed E-state index contributed by atoms with van der Waals surface area (Å²) in [6.07, 6.45) is 0. The maximum Gasteiger partial charge on any atom is 0.308 e. The Morgan fingerprint density at radius 3 is 2.47 bits per heavy atom. The second-order valence-corrected chi connectivity index (χ2v) is 5.00. The Kier molecular flexibility index (Phi) is 3.20. The monoisotopic (exact) mass is 233 g/mol. The lowest BCUT2D eigenvalue weighted by Gasteiger charge is -2.19. The molecule has 0 aromatic heterocycles. The molecule has 1 saturated heterocycles. The molecule has 1 aliphatic rings. The Bertz CT molecular complexity index is 454. The molecule has 2 N–H and O–H groups in total. The largest absolute Gasteiger partial charge is 0.481 e. The number of rotatable bonds is 2. The van der Waals surface area contributed by atoms with Crippen LogP contribution < -0.4 is 5.32 Å². The van der Waals surface area contributed by atoms with Crippen LogP contribution in [0.15, 0.2) is 12.1 Å². The molecule has 92 valence electrons. The number of carboxylic acid groups (broad SMARTS) is 1. The Hall–Kier alpha value is -1.35. The van der Waals surface area contributed by atoms with Crippen LogP contribution in [0.1, 0.15) is 28.2 Å². The van der Waals surface area contributed by atoms with E-state index in [9.17, 15) is 9.90 Å². The smallest absolute Gasteiger partial charge is 0.308 e. The first kappa shape index (κ1) is 12.1. The van der Waals surface area contributed by atoms with Crippen molar-refractivity contribution in [1.29, 1.82) is 0 Å². The minimum absolute atomic E-state index is 0.104. The summed E-state index contributed by atoms with van der Waals surface area (Å²) in [5, 5.41) is 12.4. The number of nitrogens with one attached hydrogen (secondary N) is 1. The summed E-state index contributed by atoms with van der Waals surface area (Å²) < 4.78 is 0. The van der Waals surface area contributed by atoms with E-state index < -0.39 is 5.97 Å². The van der Waals surface area contributed by atoms with E-state index >= 15 is 0 Å². The molecule has 0 saturated carbocycles. The van der Waals surface area contributed by atoms with E-state index in [1.165, 1.54) is 22.3 Å². The van der Waals surface area contributed by atoms with Gasteiger partial charge >= 0.3 is 5.97 Å². The molecule has 2 unspecified atom stereocenters. The fraction of sp³-hybridized carbons (Fsp3) is 0.500. The molecule has 0 spiro atoms. The highest BCUT2D eigenvalue weighted by atomic mass is 16.4. The SMILES string of the molecule is Cc1cc(C)c(C2CNCC2C(=O)O)cc1C. The summed E-state index contributed by atoms with van der Waals surface area (Å²) in [5.74, 6) is -0.889. The van der Waals surface area contributed by atoms with E-state index in [2.05, 4.69) is 38.2 Å². The lowest BCUT2D eigenvalue weighted by atomic mass is 9.85. The molecule has 2 rings (SSSR count). The van der Waals surface area contributed by atoms with Gasteiger partial charge in [0.05, 0.1) is 5.92 Å². The van der Waals surface area contributed by atoms with Gasteiger partial charge in [0.25, 0.3) is 0 Å². The van der Waals surface area contributed by atoms with Crippen LogP contribution in [0.2, 0.25) is 0 Å². The van der Waals surface area contributed by atoms with Crippen LogP contribution in [-0.4, -0.2) is 24.2 Å². The van der Waals surface area contributed by atoms with E-state index in [1.807, 2.05) is 0 Å². The topological polar surface area (TPSA) is 49.3 Å². The van der Waals surface area contributed by atoms with Crippen LogP contribution in [0.25, 0.3) is 0 Å². The quantitative estimate of drug-likeness (QED) is 0.821. The van der Waals surface area contributed by atoms with Crippen molar-refractivity contribution in [3.8, 4) is 0 Å². The van der Waals surface area contributed by atoms with E-state index in [0.717, 1.165) is 6.54 Å². The number of hydrogen-bond donors (Lipinski definition) is 2. The molecule has 1 aliphatic heterocycles. The first-order valence-electron chi connectivity index (χ1n) is 6.02. The van der Waals surface area contributed by atoms with Gasteiger partial charge in [-0.25, -0.2) is 0 Å². The molecule has 2 atom stereocenters. The van der Waals surface area contributed by atoms with E-state index in [0.29, 0.717) is 6.54 Å². The van der Waals surface area contributed by atoms with Crippen LogP contribution in [-0.2, 0) is 4.79 Å². The van der Waals surface area contributed by atoms with Gasteiger partial charge in [0.1, 0.15) is 0 Å². The number of aliphatic carboxylic acids is 1. The minimum atomic E-state index is -0.697. The molecular weight excluding hydrogens is 214 g/mol. The summed E-state index contributed by atoms with van der Waals surface area (Å²) >= 11 is 0. The van der Waals surface area contributed by atoms with Crippen molar-refractivity contribution in [2.75, 3.05) is 13.1 Å². The highest BCUT2D eigenvalue weighted by Crippen LogP contribution is 2.32. The second kappa shape index (κ2) is 4.49. The number of aryl methyl sites for hydroxylation is 3. The van der Waals surface area contributed by atoms with Crippen LogP contribution in [0.3, 0.4) is 0 Å². The van der Waals surface area contributed by atoms with Gasteiger partial charge in [-0.05, 0) is 43.0 Å². The van der Waals surface area contributed by atoms with Gasteiger partial charge in [-0.1, -0.05) is 12.1 Å². The third-order valence-corrected chi connectivity index (χ3v) is 3.81. The maximum atomic E-state index is 11.2. The maximum absolute atomic E-state index is 11.2.